The van der Waals surface area contributed by atoms with Gasteiger partial charge in [0.25, 0.3) is 5.69 Å². The van der Waals surface area contributed by atoms with Gasteiger partial charge in [-0.15, -0.1) is 0 Å². The Morgan fingerprint density at radius 1 is 1.33 bits per heavy atom. The zero-order valence-corrected chi connectivity index (χ0v) is 11.4. The Kier molecular flexibility index (Phi) is 4.56. The number of halogens is 2. The van der Waals surface area contributed by atoms with Gasteiger partial charge in [-0.3, -0.25) is 16.0 Å². The molecular formula is C13H11ClFN3O3. The molecule has 0 aromatic heterocycles. The van der Waals surface area contributed by atoms with Gasteiger partial charge in [-0.2, -0.15) is 0 Å². The van der Waals surface area contributed by atoms with Crippen LogP contribution < -0.4 is 16.0 Å². The Hall–Kier alpha value is -2.38. The molecule has 21 heavy (non-hydrogen) atoms. The molecule has 0 bridgehead atoms. The van der Waals surface area contributed by atoms with Crippen LogP contribution in [0.2, 0.25) is 5.02 Å². The van der Waals surface area contributed by atoms with Crippen molar-refractivity contribution in [3.63, 3.8) is 0 Å². The average Bonchev–Trinajstić information content (AvgIpc) is 2.48. The van der Waals surface area contributed by atoms with Crippen molar-refractivity contribution in [2.45, 2.75) is 6.61 Å². The van der Waals surface area contributed by atoms with E-state index in [1.54, 1.807) is 6.07 Å². The molecule has 8 heteroatoms. The van der Waals surface area contributed by atoms with Crippen LogP contribution in [0.1, 0.15) is 5.56 Å². The number of benzene rings is 2. The average molecular weight is 312 g/mol. The second kappa shape index (κ2) is 6.38. The molecule has 6 nitrogen and oxygen atoms in total. The molecule has 110 valence electrons. The number of ether oxygens (including phenoxy) is 1. The summed E-state index contributed by atoms with van der Waals surface area (Å²) < 4.78 is 19.0. The molecule has 0 saturated heterocycles. The number of nitrogens with two attached hydrogens (primary N) is 1. The normalized spacial score (nSPS) is 10.2. The van der Waals surface area contributed by atoms with Crippen molar-refractivity contribution in [2.24, 2.45) is 5.84 Å². The topological polar surface area (TPSA) is 90.4 Å². The van der Waals surface area contributed by atoms with Crippen molar-refractivity contribution in [3.05, 3.63) is 62.9 Å². The van der Waals surface area contributed by atoms with E-state index in [1.807, 2.05) is 0 Å². The first kappa shape index (κ1) is 15.0. The quantitative estimate of drug-likeness (QED) is 0.502. The van der Waals surface area contributed by atoms with E-state index in [0.717, 1.165) is 0 Å². The summed E-state index contributed by atoms with van der Waals surface area (Å²) in [5.41, 5.74) is 2.61. The SMILES string of the molecule is NNc1c(COc2cccc(Cl)c2F)cccc1[N+](=O)[O-]. The standard InChI is InChI=1S/C13H11ClFN3O3/c14-9-4-2-6-11(12(9)15)21-7-8-3-1-5-10(18(19)20)13(8)17-16/h1-6,17H,7,16H2. The zero-order valence-electron chi connectivity index (χ0n) is 10.7. The van der Waals surface area contributed by atoms with Crippen LogP contribution in [0, 0.1) is 15.9 Å². The fourth-order valence-electron chi connectivity index (χ4n) is 1.78. The third-order valence-electron chi connectivity index (χ3n) is 2.77. The number of hydrogen-bond acceptors (Lipinski definition) is 5. The fraction of sp³-hybridized carbons (Fsp3) is 0.0769. The molecule has 0 unspecified atom stereocenters. The molecule has 0 aliphatic rings. The van der Waals surface area contributed by atoms with E-state index in [-0.39, 0.29) is 28.8 Å². The summed E-state index contributed by atoms with van der Waals surface area (Å²) in [6, 6.07) is 8.73. The number of nitrogens with one attached hydrogen (secondary N) is 1. The summed E-state index contributed by atoms with van der Waals surface area (Å²) in [6.07, 6.45) is 0. The first-order valence-electron chi connectivity index (χ1n) is 5.84. The number of nitro benzene ring substituents is 1. The fourth-order valence-corrected chi connectivity index (χ4v) is 1.94. The summed E-state index contributed by atoms with van der Waals surface area (Å²) in [5, 5.41) is 10.8. The van der Waals surface area contributed by atoms with Crippen molar-refractivity contribution in [1.29, 1.82) is 0 Å². The number of rotatable bonds is 5. The summed E-state index contributed by atoms with van der Waals surface area (Å²) >= 11 is 5.64. The molecule has 0 amide bonds. The lowest BCUT2D eigenvalue weighted by Gasteiger charge is -2.11. The highest BCUT2D eigenvalue weighted by Crippen LogP contribution is 2.29. The highest BCUT2D eigenvalue weighted by Gasteiger charge is 2.17. The molecular weight excluding hydrogens is 301 g/mol. The van der Waals surface area contributed by atoms with Gasteiger partial charge < -0.3 is 10.2 Å². The molecule has 0 fully saturated rings. The van der Waals surface area contributed by atoms with Crippen molar-refractivity contribution >= 4 is 23.0 Å². The second-order valence-electron chi connectivity index (χ2n) is 4.05. The Labute approximate surface area is 124 Å². The lowest BCUT2D eigenvalue weighted by molar-refractivity contribution is -0.384. The van der Waals surface area contributed by atoms with E-state index >= 15 is 0 Å². The molecule has 2 rings (SSSR count). The molecule has 0 atom stereocenters. The van der Waals surface area contributed by atoms with Gasteiger partial charge in [0, 0.05) is 11.6 Å². The zero-order chi connectivity index (χ0) is 15.4. The van der Waals surface area contributed by atoms with Gasteiger partial charge in [0.1, 0.15) is 12.3 Å². The van der Waals surface area contributed by atoms with E-state index in [4.69, 9.17) is 22.2 Å². The maximum atomic E-state index is 13.7. The molecule has 0 spiro atoms. The van der Waals surface area contributed by atoms with Crippen LogP contribution in [0.5, 0.6) is 5.75 Å². The van der Waals surface area contributed by atoms with E-state index in [1.165, 1.54) is 30.3 Å². The van der Waals surface area contributed by atoms with Crippen molar-refractivity contribution in [2.75, 3.05) is 5.43 Å². The molecule has 3 N–H and O–H groups in total. The lowest BCUT2D eigenvalue weighted by atomic mass is 10.1. The molecule has 0 aliphatic carbocycles. The van der Waals surface area contributed by atoms with Crippen molar-refractivity contribution in [1.82, 2.24) is 0 Å². The Bertz CT molecular complexity index is 682. The molecule has 0 heterocycles. The molecule has 2 aromatic rings. The number of nitrogen functional groups attached to an aromatic ring is 1. The predicted octanol–water partition coefficient (Wildman–Crippen LogP) is 3.25. The summed E-state index contributed by atoms with van der Waals surface area (Å²) in [6.45, 7) is -0.0987. The van der Waals surface area contributed by atoms with Crippen molar-refractivity contribution in [3.8, 4) is 5.75 Å². The summed E-state index contributed by atoms with van der Waals surface area (Å²) in [4.78, 5) is 10.3. The molecule has 0 saturated carbocycles. The Morgan fingerprint density at radius 2 is 2.05 bits per heavy atom. The minimum Gasteiger partial charge on any atom is -0.486 e. The molecule has 0 aliphatic heterocycles. The van der Waals surface area contributed by atoms with E-state index in [0.29, 0.717) is 5.56 Å². The number of hydrazine groups is 1. The van der Waals surface area contributed by atoms with Crippen LogP contribution in [-0.4, -0.2) is 4.92 Å². The van der Waals surface area contributed by atoms with Gasteiger partial charge in [-0.05, 0) is 12.1 Å². The number of hydrogen-bond donors (Lipinski definition) is 2. The third-order valence-corrected chi connectivity index (χ3v) is 3.06. The molecule has 2 aromatic carbocycles. The molecule has 0 radical (unpaired) electrons. The number of para-hydroxylation sites is 1. The van der Waals surface area contributed by atoms with Gasteiger partial charge in [0.05, 0.1) is 9.95 Å². The highest BCUT2D eigenvalue weighted by molar-refractivity contribution is 6.30. The lowest BCUT2D eigenvalue weighted by Crippen LogP contribution is -2.12. The van der Waals surface area contributed by atoms with Gasteiger partial charge in [0.2, 0.25) is 0 Å². The third kappa shape index (κ3) is 3.21. The number of nitro groups is 1. The predicted molar refractivity (Wildman–Crippen MR) is 76.6 cm³/mol. The Morgan fingerprint density at radius 3 is 2.71 bits per heavy atom. The number of nitrogens with zero attached hydrogens (tertiary/aromatic N) is 1. The minimum absolute atomic E-state index is 0.0445. The largest absolute Gasteiger partial charge is 0.486 e. The van der Waals surface area contributed by atoms with Gasteiger partial charge in [-0.1, -0.05) is 29.8 Å². The summed E-state index contributed by atoms with van der Waals surface area (Å²) in [7, 11) is 0. The first-order valence-corrected chi connectivity index (χ1v) is 6.22. The van der Waals surface area contributed by atoms with Crippen molar-refractivity contribution < 1.29 is 14.1 Å². The second-order valence-corrected chi connectivity index (χ2v) is 4.46. The van der Waals surface area contributed by atoms with Crippen LogP contribution in [-0.2, 0) is 6.61 Å². The number of anilines is 1. The van der Waals surface area contributed by atoms with E-state index in [2.05, 4.69) is 5.43 Å². The maximum absolute atomic E-state index is 13.7. The monoisotopic (exact) mass is 311 g/mol. The smallest absolute Gasteiger partial charge is 0.294 e. The van der Waals surface area contributed by atoms with Crippen LogP contribution in [0.25, 0.3) is 0 Å². The van der Waals surface area contributed by atoms with Crippen LogP contribution in [0.3, 0.4) is 0 Å². The Balaban J connectivity index is 2.26. The van der Waals surface area contributed by atoms with E-state index in [9.17, 15) is 14.5 Å². The van der Waals surface area contributed by atoms with Crippen LogP contribution in [0.4, 0.5) is 15.8 Å². The van der Waals surface area contributed by atoms with Gasteiger partial charge in [-0.25, -0.2) is 4.39 Å². The van der Waals surface area contributed by atoms with Crippen LogP contribution >= 0.6 is 11.6 Å². The van der Waals surface area contributed by atoms with Gasteiger partial charge in [0.15, 0.2) is 11.6 Å². The maximum Gasteiger partial charge on any atom is 0.294 e. The van der Waals surface area contributed by atoms with E-state index < -0.39 is 10.7 Å². The highest BCUT2D eigenvalue weighted by atomic mass is 35.5. The van der Waals surface area contributed by atoms with Gasteiger partial charge >= 0.3 is 0 Å². The van der Waals surface area contributed by atoms with Crippen LogP contribution in [0.15, 0.2) is 36.4 Å². The minimum atomic E-state index is -0.688. The summed E-state index contributed by atoms with van der Waals surface area (Å²) in [5.74, 6) is 4.57. The first-order chi connectivity index (χ1) is 10.0.